The number of methoxy groups -OCH3 is 1. The topological polar surface area (TPSA) is 78.4 Å². The molecule has 6 heteroatoms. The number of hydrogen-bond acceptors (Lipinski definition) is 5. The predicted molar refractivity (Wildman–Crippen MR) is 138 cm³/mol. The first-order valence-corrected chi connectivity index (χ1v) is 12.7. The van der Waals surface area contributed by atoms with Gasteiger partial charge in [-0.05, 0) is 81.0 Å². The van der Waals surface area contributed by atoms with Crippen LogP contribution in [0.25, 0.3) is 16.6 Å². The van der Waals surface area contributed by atoms with E-state index in [9.17, 15) is 9.90 Å². The first-order chi connectivity index (χ1) is 16.9. The maximum Gasteiger partial charge on any atom is 0.337 e. The second-order valence-electron chi connectivity index (χ2n) is 10.2. The van der Waals surface area contributed by atoms with Crippen LogP contribution in [-0.2, 0) is 11.2 Å². The van der Waals surface area contributed by atoms with Gasteiger partial charge in [0.25, 0.3) is 0 Å². The number of aryl methyl sites for hydroxylation is 1. The van der Waals surface area contributed by atoms with E-state index in [4.69, 9.17) is 4.74 Å². The van der Waals surface area contributed by atoms with Crippen molar-refractivity contribution in [1.29, 1.82) is 0 Å². The SMILES string of the molecule is COC(=O)c1ccc2nc(CCCN(C)CCC3(O)CC4CCC3C=C4c3ccccc3)[nH]c2c1. The van der Waals surface area contributed by atoms with E-state index in [0.29, 0.717) is 11.5 Å². The molecule has 1 aromatic heterocycles. The molecule has 0 amide bonds. The predicted octanol–water partition coefficient (Wildman–Crippen LogP) is 4.85. The zero-order valence-electron chi connectivity index (χ0n) is 20.7. The van der Waals surface area contributed by atoms with Crippen LogP contribution in [0.1, 0.15) is 53.8 Å². The summed E-state index contributed by atoms with van der Waals surface area (Å²) in [5.41, 5.74) is 4.39. The standard InChI is InChI=1S/C29H35N3O3/c1-32(15-6-9-27-30-25-13-11-21(28(33)35-2)17-26(25)31-27)16-14-29(34)19-22-10-12-23(29)18-24(22)20-7-4-3-5-8-20/h3-5,7-8,11,13,17-18,22-23,34H,6,9-10,12,14-16,19H2,1-2H3,(H,30,31). The molecule has 35 heavy (non-hydrogen) atoms. The molecule has 3 atom stereocenters. The van der Waals surface area contributed by atoms with Gasteiger partial charge in [-0.3, -0.25) is 0 Å². The molecule has 6 rings (SSSR count). The Morgan fingerprint density at radius 1 is 1.20 bits per heavy atom. The van der Waals surface area contributed by atoms with Crippen molar-refractivity contribution < 1.29 is 14.6 Å². The maximum absolute atomic E-state index is 11.7. The molecule has 2 N–H and O–H groups in total. The number of carbonyl (C=O) groups excluding carboxylic acids is 1. The van der Waals surface area contributed by atoms with Crippen LogP contribution in [-0.4, -0.2) is 58.8 Å². The number of aromatic nitrogens is 2. The summed E-state index contributed by atoms with van der Waals surface area (Å²) in [4.78, 5) is 22.1. The number of imidazole rings is 1. The van der Waals surface area contributed by atoms with Gasteiger partial charge in [-0.25, -0.2) is 9.78 Å². The highest BCUT2D eigenvalue weighted by molar-refractivity contribution is 5.93. The average Bonchev–Trinajstić information content (AvgIpc) is 3.30. The van der Waals surface area contributed by atoms with Gasteiger partial charge in [0.1, 0.15) is 5.82 Å². The molecule has 0 radical (unpaired) electrons. The molecule has 6 nitrogen and oxygen atoms in total. The Bertz CT molecular complexity index is 1220. The maximum atomic E-state index is 11.7. The number of carbonyl (C=O) groups is 1. The van der Waals surface area contributed by atoms with Gasteiger partial charge in [-0.2, -0.15) is 0 Å². The third-order valence-corrected chi connectivity index (χ3v) is 7.88. The molecule has 1 saturated carbocycles. The fourth-order valence-electron chi connectivity index (χ4n) is 5.87. The second-order valence-corrected chi connectivity index (χ2v) is 10.2. The zero-order chi connectivity index (χ0) is 24.4. The fraction of sp³-hybridized carbons (Fsp3) is 0.448. The molecule has 2 aromatic carbocycles. The van der Waals surface area contributed by atoms with Gasteiger partial charge in [-0.1, -0.05) is 36.4 Å². The number of ether oxygens (including phenoxy) is 1. The van der Waals surface area contributed by atoms with Gasteiger partial charge in [0, 0.05) is 18.9 Å². The number of esters is 1. The van der Waals surface area contributed by atoms with E-state index in [0.717, 1.165) is 62.1 Å². The minimum absolute atomic E-state index is 0.251. The van der Waals surface area contributed by atoms with Crippen molar-refractivity contribution in [2.24, 2.45) is 11.8 Å². The molecule has 3 unspecified atom stereocenters. The molecule has 3 aliphatic carbocycles. The number of H-pyrrole nitrogens is 1. The van der Waals surface area contributed by atoms with Crippen LogP contribution in [0.15, 0.2) is 54.6 Å². The molecule has 1 fully saturated rings. The van der Waals surface area contributed by atoms with Crippen molar-refractivity contribution in [3.8, 4) is 0 Å². The molecule has 1 heterocycles. The molecule has 0 aliphatic heterocycles. The lowest BCUT2D eigenvalue weighted by atomic mass is 9.61. The molecular formula is C29H35N3O3. The summed E-state index contributed by atoms with van der Waals surface area (Å²) in [6.07, 6.45) is 8.13. The fourth-order valence-corrected chi connectivity index (χ4v) is 5.87. The van der Waals surface area contributed by atoms with Crippen LogP contribution < -0.4 is 0 Å². The number of hydrogen-bond donors (Lipinski definition) is 2. The van der Waals surface area contributed by atoms with E-state index in [1.807, 2.05) is 6.07 Å². The normalized spacial score (nSPS) is 23.6. The van der Waals surface area contributed by atoms with Crippen molar-refractivity contribution in [3.05, 3.63) is 71.6 Å². The highest BCUT2D eigenvalue weighted by Gasteiger charge is 2.46. The van der Waals surface area contributed by atoms with E-state index in [1.165, 1.54) is 24.7 Å². The summed E-state index contributed by atoms with van der Waals surface area (Å²) in [6.45, 7) is 1.83. The first-order valence-electron chi connectivity index (χ1n) is 12.7. The lowest BCUT2D eigenvalue weighted by Crippen LogP contribution is -2.48. The number of nitrogens with zero attached hydrogens (tertiary/aromatic N) is 2. The minimum atomic E-state index is -0.592. The Morgan fingerprint density at radius 2 is 2.03 bits per heavy atom. The van der Waals surface area contributed by atoms with Gasteiger partial charge in [0.2, 0.25) is 0 Å². The average molecular weight is 474 g/mol. The monoisotopic (exact) mass is 473 g/mol. The van der Waals surface area contributed by atoms with E-state index in [1.54, 1.807) is 12.1 Å². The smallest absolute Gasteiger partial charge is 0.337 e. The van der Waals surface area contributed by atoms with Crippen molar-refractivity contribution in [2.75, 3.05) is 27.2 Å². The van der Waals surface area contributed by atoms with Crippen molar-refractivity contribution in [2.45, 2.75) is 44.1 Å². The number of nitrogens with one attached hydrogen (secondary N) is 1. The van der Waals surface area contributed by atoms with E-state index in [2.05, 4.69) is 58.3 Å². The Morgan fingerprint density at radius 3 is 2.77 bits per heavy atom. The molecule has 0 saturated heterocycles. The van der Waals surface area contributed by atoms with Gasteiger partial charge in [0.05, 0.1) is 29.3 Å². The van der Waals surface area contributed by atoms with Crippen LogP contribution in [0.5, 0.6) is 0 Å². The van der Waals surface area contributed by atoms with Crippen molar-refractivity contribution in [3.63, 3.8) is 0 Å². The molecule has 3 aromatic rings. The van der Waals surface area contributed by atoms with Crippen molar-refractivity contribution >= 4 is 22.6 Å². The van der Waals surface area contributed by atoms with E-state index in [-0.39, 0.29) is 11.9 Å². The molecule has 2 bridgehead atoms. The minimum Gasteiger partial charge on any atom is -0.465 e. The summed E-state index contributed by atoms with van der Waals surface area (Å²) in [5, 5.41) is 11.5. The van der Waals surface area contributed by atoms with Gasteiger partial charge in [0.15, 0.2) is 0 Å². The Kier molecular flexibility index (Phi) is 6.76. The third kappa shape index (κ3) is 5.04. The van der Waals surface area contributed by atoms with Gasteiger partial charge < -0.3 is 19.7 Å². The molecule has 0 spiro atoms. The van der Waals surface area contributed by atoms with Crippen LogP contribution in [0.2, 0.25) is 0 Å². The summed E-state index contributed by atoms with van der Waals surface area (Å²) in [7, 11) is 3.52. The van der Waals surface area contributed by atoms with E-state index < -0.39 is 5.60 Å². The Balaban J connectivity index is 1.12. The molecule has 3 aliphatic rings. The lowest BCUT2D eigenvalue weighted by molar-refractivity contribution is -0.0574. The molecule has 184 valence electrons. The quantitative estimate of drug-likeness (QED) is 0.435. The number of aliphatic hydroxyl groups is 1. The third-order valence-electron chi connectivity index (χ3n) is 7.88. The summed E-state index contributed by atoms with van der Waals surface area (Å²) in [5.74, 6) is 1.30. The highest BCUT2D eigenvalue weighted by atomic mass is 16.5. The number of benzene rings is 2. The van der Waals surface area contributed by atoms with Crippen LogP contribution >= 0.6 is 0 Å². The number of allylic oxidation sites excluding steroid dienone is 1. The van der Waals surface area contributed by atoms with E-state index >= 15 is 0 Å². The molecular weight excluding hydrogens is 438 g/mol. The number of rotatable bonds is 9. The second kappa shape index (κ2) is 9.96. The highest BCUT2D eigenvalue weighted by Crippen LogP contribution is 2.51. The largest absolute Gasteiger partial charge is 0.465 e. The lowest BCUT2D eigenvalue weighted by Gasteiger charge is -2.48. The van der Waals surface area contributed by atoms with Crippen LogP contribution in [0, 0.1) is 11.8 Å². The summed E-state index contributed by atoms with van der Waals surface area (Å²) in [6, 6.07) is 16.0. The number of aromatic amines is 1. The van der Waals surface area contributed by atoms with Gasteiger partial charge >= 0.3 is 5.97 Å². The Labute approximate surface area is 207 Å². The Hall–Kier alpha value is -2.96. The first kappa shape index (κ1) is 23.8. The van der Waals surface area contributed by atoms with Crippen LogP contribution in [0.3, 0.4) is 0 Å². The summed E-state index contributed by atoms with van der Waals surface area (Å²) >= 11 is 0. The number of fused-ring (bicyclic) bond motifs is 3. The van der Waals surface area contributed by atoms with Gasteiger partial charge in [-0.15, -0.1) is 0 Å². The van der Waals surface area contributed by atoms with Crippen LogP contribution in [0.4, 0.5) is 0 Å². The summed E-state index contributed by atoms with van der Waals surface area (Å²) < 4.78 is 4.80. The van der Waals surface area contributed by atoms with Crippen molar-refractivity contribution in [1.82, 2.24) is 14.9 Å². The zero-order valence-corrected chi connectivity index (χ0v) is 20.7.